The second kappa shape index (κ2) is 12.4. The lowest BCUT2D eigenvalue weighted by Crippen LogP contribution is -2.24. The summed E-state index contributed by atoms with van der Waals surface area (Å²) in [5.41, 5.74) is 7.61. The highest BCUT2D eigenvalue weighted by atomic mass is 19.3. The lowest BCUT2D eigenvalue weighted by molar-refractivity contribution is 0.0430. The van der Waals surface area contributed by atoms with Gasteiger partial charge in [-0.3, -0.25) is 4.57 Å². The highest BCUT2D eigenvalue weighted by Crippen LogP contribution is 2.47. The van der Waals surface area contributed by atoms with Crippen LogP contribution in [-0.2, 0) is 5.92 Å². The maximum Gasteiger partial charge on any atom is 0.298 e. The minimum Gasteiger partial charge on any atom is -0.355 e. The summed E-state index contributed by atoms with van der Waals surface area (Å²) in [6.07, 6.45) is 1.74. The maximum atomic E-state index is 17.6. The summed E-state index contributed by atoms with van der Waals surface area (Å²) in [4.78, 5) is 7.83. The molecule has 51 heavy (non-hydrogen) atoms. The molecule has 7 aromatic rings. The molecule has 0 spiro atoms. The Morgan fingerprint density at radius 3 is 2.14 bits per heavy atom. The first-order valence-corrected chi connectivity index (χ1v) is 17.5. The van der Waals surface area contributed by atoms with Gasteiger partial charge in [0.15, 0.2) is 0 Å². The van der Waals surface area contributed by atoms with Crippen LogP contribution in [0.15, 0.2) is 121 Å². The molecule has 4 nitrogen and oxygen atoms in total. The van der Waals surface area contributed by atoms with E-state index in [1.165, 1.54) is 17.0 Å². The second-order valence-electron chi connectivity index (χ2n) is 14.2. The average Bonchev–Trinajstić information content (AvgIpc) is 3.71. The second-order valence-corrected chi connectivity index (χ2v) is 14.2. The molecule has 6 heteroatoms. The molecule has 0 amide bonds. The van der Waals surface area contributed by atoms with Gasteiger partial charge in [0, 0.05) is 44.9 Å². The van der Waals surface area contributed by atoms with Crippen molar-refractivity contribution in [2.24, 2.45) is 0 Å². The molecule has 0 saturated carbocycles. The number of halogens is 2. The van der Waals surface area contributed by atoms with E-state index in [1.807, 2.05) is 77.1 Å². The summed E-state index contributed by atoms with van der Waals surface area (Å²) >= 11 is 0. The number of hydrogen-bond donors (Lipinski definition) is 0. The van der Waals surface area contributed by atoms with Crippen molar-refractivity contribution in [3.05, 3.63) is 149 Å². The molecule has 0 saturated heterocycles. The number of benzene rings is 5. The van der Waals surface area contributed by atoms with Crippen LogP contribution in [0, 0.1) is 6.92 Å². The zero-order valence-electron chi connectivity index (χ0n) is 32.5. The van der Waals surface area contributed by atoms with Gasteiger partial charge in [0.1, 0.15) is 5.82 Å². The first kappa shape index (κ1) is 29.3. The Balaban J connectivity index is 1.37. The van der Waals surface area contributed by atoms with E-state index in [2.05, 4.69) is 44.8 Å². The topological polar surface area (TPSA) is 24.3 Å². The Kier molecular flexibility index (Phi) is 7.10. The molecule has 1 aliphatic heterocycles. The average molecular weight is 680 g/mol. The highest BCUT2D eigenvalue weighted by Gasteiger charge is 2.37. The maximum absolute atomic E-state index is 17.6. The summed E-state index contributed by atoms with van der Waals surface area (Å²) in [7, 11) is 0. The molecule has 0 aliphatic carbocycles. The van der Waals surface area contributed by atoms with E-state index in [0.29, 0.717) is 34.0 Å². The molecule has 0 unspecified atom stereocenters. The van der Waals surface area contributed by atoms with Gasteiger partial charge < -0.3 is 9.80 Å². The Morgan fingerprint density at radius 2 is 1.41 bits per heavy atom. The molecule has 0 fully saturated rings. The standard InChI is InChI=1S/C45H42F2N4/c1-28(2)35-13-11-14-36(29(3)4)44(35)31-23-33(25-34(24-31)50-27-49(6)40-16-9-10-17-41(40)50)45(46,47)32-18-19-38-37-12-7-8-15-39(37)51(42(38)26-32)43-22-30(5)20-21-48-43/h7-26,28-29H,27H2,1-6H3/i6D3. The molecule has 1 aliphatic rings. The predicted molar refractivity (Wildman–Crippen MR) is 208 cm³/mol. The Hall–Kier alpha value is -5.49. The summed E-state index contributed by atoms with van der Waals surface area (Å²) in [6, 6.07) is 35.2. The Bertz CT molecular complexity index is 2530. The van der Waals surface area contributed by atoms with Gasteiger partial charge in [-0.25, -0.2) is 4.98 Å². The SMILES string of the molecule is [2H]C([2H])([2H])N1CN(c2cc(-c3c(C(C)C)cccc3C(C)C)cc(C(F)(F)c3ccc4c5ccccc5n(-c5cc(C)ccn5)c4c3)c2)c2ccccc21. The van der Waals surface area contributed by atoms with Gasteiger partial charge in [0.2, 0.25) is 0 Å². The lowest BCUT2D eigenvalue weighted by atomic mass is 9.83. The van der Waals surface area contributed by atoms with E-state index >= 15 is 8.78 Å². The molecule has 0 N–H and O–H groups in total. The number of rotatable bonds is 7. The van der Waals surface area contributed by atoms with Gasteiger partial charge in [-0.1, -0.05) is 88.4 Å². The molecular formula is C45H42F2N4. The number of para-hydroxylation sites is 3. The number of fused-ring (bicyclic) bond motifs is 4. The van der Waals surface area contributed by atoms with Crippen molar-refractivity contribution in [1.82, 2.24) is 9.55 Å². The van der Waals surface area contributed by atoms with Crippen LogP contribution in [0.3, 0.4) is 0 Å². The van der Waals surface area contributed by atoms with Crippen LogP contribution < -0.4 is 9.80 Å². The van der Waals surface area contributed by atoms with E-state index in [9.17, 15) is 0 Å². The smallest absolute Gasteiger partial charge is 0.298 e. The molecule has 0 radical (unpaired) electrons. The van der Waals surface area contributed by atoms with Crippen LogP contribution in [0.4, 0.5) is 25.8 Å². The van der Waals surface area contributed by atoms with Gasteiger partial charge in [0.25, 0.3) is 5.92 Å². The van der Waals surface area contributed by atoms with Gasteiger partial charge in [-0.05, 0) is 101 Å². The quantitative estimate of drug-likeness (QED) is 0.168. The highest BCUT2D eigenvalue weighted by molar-refractivity contribution is 6.09. The first-order valence-electron chi connectivity index (χ1n) is 19.0. The Morgan fingerprint density at radius 1 is 0.706 bits per heavy atom. The number of hydrogen-bond acceptors (Lipinski definition) is 3. The molecule has 0 atom stereocenters. The van der Waals surface area contributed by atoms with Crippen LogP contribution in [0.25, 0.3) is 38.8 Å². The van der Waals surface area contributed by atoms with Crippen LogP contribution >= 0.6 is 0 Å². The third-order valence-corrected chi connectivity index (χ3v) is 10.2. The molecule has 0 bridgehead atoms. The zero-order valence-corrected chi connectivity index (χ0v) is 29.5. The number of nitrogens with zero attached hydrogens (tertiary/aromatic N) is 4. The van der Waals surface area contributed by atoms with E-state index in [1.54, 1.807) is 36.5 Å². The number of anilines is 3. The predicted octanol–water partition coefficient (Wildman–Crippen LogP) is 12.1. The van der Waals surface area contributed by atoms with Crippen molar-refractivity contribution >= 4 is 38.9 Å². The number of aryl methyl sites for hydroxylation is 1. The van der Waals surface area contributed by atoms with E-state index in [-0.39, 0.29) is 29.6 Å². The zero-order chi connectivity index (χ0) is 38.1. The summed E-state index contributed by atoms with van der Waals surface area (Å²) < 4.78 is 62.0. The lowest BCUT2D eigenvalue weighted by Gasteiger charge is -2.26. The van der Waals surface area contributed by atoms with Crippen LogP contribution in [0.1, 0.15) is 71.5 Å². The van der Waals surface area contributed by atoms with Gasteiger partial charge in [-0.2, -0.15) is 8.78 Å². The van der Waals surface area contributed by atoms with Crippen LogP contribution in [-0.4, -0.2) is 23.2 Å². The van der Waals surface area contributed by atoms with Gasteiger partial charge in [-0.15, -0.1) is 0 Å². The Labute approximate surface area is 302 Å². The first-order chi connectivity index (χ1) is 25.7. The van der Waals surface area contributed by atoms with Crippen molar-refractivity contribution in [3.63, 3.8) is 0 Å². The number of aromatic nitrogens is 2. The van der Waals surface area contributed by atoms with E-state index < -0.39 is 12.9 Å². The summed E-state index contributed by atoms with van der Waals surface area (Å²) in [5, 5.41) is 1.81. The van der Waals surface area contributed by atoms with E-state index in [0.717, 1.165) is 38.5 Å². The molecule has 2 aromatic heterocycles. The van der Waals surface area contributed by atoms with Crippen LogP contribution in [0.5, 0.6) is 0 Å². The third kappa shape index (κ3) is 5.45. The minimum atomic E-state index is -3.44. The summed E-state index contributed by atoms with van der Waals surface area (Å²) in [5.74, 6) is -2.52. The fourth-order valence-corrected chi connectivity index (χ4v) is 7.63. The fourth-order valence-electron chi connectivity index (χ4n) is 7.63. The van der Waals surface area contributed by atoms with Crippen molar-refractivity contribution in [3.8, 4) is 16.9 Å². The number of alkyl halides is 2. The van der Waals surface area contributed by atoms with Crippen molar-refractivity contribution in [1.29, 1.82) is 0 Å². The molecule has 256 valence electrons. The van der Waals surface area contributed by atoms with Crippen molar-refractivity contribution in [2.45, 2.75) is 52.4 Å². The third-order valence-electron chi connectivity index (χ3n) is 10.2. The number of pyridine rings is 1. The minimum absolute atomic E-state index is 0.0112. The molecular weight excluding hydrogens is 635 g/mol. The molecule has 5 aromatic carbocycles. The van der Waals surface area contributed by atoms with Gasteiger partial charge >= 0.3 is 0 Å². The largest absolute Gasteiger partial charge is 0.355 e. The van der Waals surface area contributed by atoms with Crippen molar-refractivity contribution < 1.29 is 12.9 Å². The van der Waals surface area contributed by atoms with Gasteiger partial charge in [0.05, 0.1) is 29.1 Å². The normalized spacial score (nSPS) is 14.4. The summed E-state index contributed by atoms with van der Waals surface area (Å²) in [6.45, 7) is 8.01. The fraction of sp³-hybridized carbons (Fsp3) is 0.222. The van der Waals surface area contributed by atoms with Crippen molar-refractivity contribution in [2.75, 3.05) is 23.4 Å². The molecule has 3 heterocycles. The van der Waals surface area contributed by atoms with E-state index in [4.69, 9.17) is 4.11 Å². The molecule has 8 rings (SSSR count). The van der Waals surface area contributed by atoms with Crippen LogP contribution in [0.2, 0.25) is 0 Å². The monoisotopic (exact) mass is 679 g/mol.